The van der Waals surface area contributed by atoms with Gasteiger partial charge in [-0.15, -0.1) is 0 Å². The Morgan fingerprint density at radius 2 is 1.80 bits per heavy atom. The Bertz CT molecular complexity index is 914. The summed E-state index contributed by atoms with van der Waals surface area (Å²) in [4.78, 5) is 11.0. The number of carbonyl (C=O) groups excluding carboxylic acids is 1. The molecule has 0 atom stereocenters. The van der Waals surface area contributed by atoms with Gasteiger partial charge in [0.15, 0.2) is 0 Å². The Hall–Kier alpha value is -2.26. The van der Waals surface area contributed by atoms with E-state index < -0.39 is 37.6 Å². The molecule has 10 heteroatoms. The van der Waals surface area contributed by atoms with Gasteiger partial charge in [0.25, 0.3) is 15.9 Å². The van der Waals surface area contributed by atoms with Crippen molar-refractivity contribution in [1.82, 2.24) is 5.32 Å². The van der Waals surface area contributed by atoms with E-state index in [2.05, 4.69) is 10.0 Å². The van der Waals surface area contributed by atoms with E-state index in [1.165, 1.54) is 31.3 Å². The predicted molar refractivity (Wildman–Crippen MR) is 87.1 cm³/mol. The van der Waals surface area contributed by atoms with Crippen LogP contribution in [0.1, 0.15) is 15.9 Å². The van der Waals surface area contributed by atoms with Crippen molar-refractivity contribution in [2.75, 3.05) is 11.8 Å². The minimum atomic E-state index is -4.79. The fourth-order valence-electron chi connectivity index (χ4n) is 1.97. The van der Waals surface area contributed by atoms with Gasteiger partial charge in [0, 0.05) is 18.3 Å². The van der Waals surface area contributed by atoms with Crippen LogP contribution in [0.5, 0.6) is 0 Å². The van der Waals surface area contributed by atoms with E-state index >= 15 is 0 Å². The topological polar surface area (TPSA) is 75.3 Å². The van der Waals surface area contributed by atoms with Gasteiger partial charge in [-0.3, -0.25) is 9.52 Å². The third-order valence-corrected chi connectivity index (χ3v) is 4.87. The van der Waals surface area contributed by atoms with E-state index in [-0.39, 0.29) is 11.3 Å². The number of alkyl halides is 3. The third-order valence-electron chi connectivity index (χ3n) is 3.16. The van der Waals surface area contributed by atoms with Gasteiger partial charge >= 0.3 is 6.18 Å². The van der Waals surface area contributed by atoms with Crippen molar-refractivity contribution in [2.24, 2.45) is 0 Å². The number of rotatable bonds is 4. The van der Waals surface area contributed by atoms with Crippen LogP contribution in [-0.2, 0) is 16.2 Å². The number of anilines is 1. The second kappa shape index (κ2) is 6.93. The fourth-order valence-corrected chi connectivity index (χ4v) is 3.27. The molecule has 2 aromatic carbocycles. The molecular formula is C15H12ClF3N2O3S. The van der Waals surface area contributed by atoms with Crippen molar-refractivity contribution in [3.05, 3.63) is 58.6 Å². The predicted octanol–water partition coefficient (Wildman–Crippen LogP) is 3.52. The third kappa shape index (κ3) is 4.43. The molecule has 0 aliphatic carbocycles. The second-order valence-corrected chi connectivity index (χ2v) is 6.99. The largest absolute Gasteiger partial charge is 0.417 e. The smallest absolute Gasteiger partial charge is 0.355 e. The Morgan fingerprint density at radius 1 is 1.12 bits per heavy atom. The summed E-state index contributed by atoms with van der Waals surface area (Å²) in [5, 5.41) is 1.77. The lowest BCUT2D eigenvalue weighted by atomic mass is 10.2. The highest BCUT2D eigenvalue weighted by atomic mass is 35.5. The molecule has 0 spiro atoms. The summed E-state index contributed by atoms with van der Waals surface area (Å²) < 4.78 is 65.4. The molecule has 0 saturated carbocycles. The highest BCUT2D eigenvalue weighted by molar-refractivity contribution is 7.92. The molecule has 0 bridgehead atoms. The van der Waals surface area contributed by atoms with Crippen LogP contribution in [0.25, 0.3) is 0 Å². The molecule has 134 valence electrons. The molecule has 0 fully saturated rings. The molecule has 1 amide bonds. The zero-order chi connectivity index (χ0) is 18.8. The van der Waals surface area contributed by atoms with E-state index in [4.69, 9.17) is 11.6 Å². The summed E-state index contributed by atoms with van der Waals surface area (Å²) in [6.07, 6.45) is -4.79. The van der Waals surface area contributed by atoms with Crippen LogP contribution in [0, 0.1) is 0 Å². The lowest BCUT2D eigenvalue weighted by molar-refractivity contribution is -0.137. The van der Waals surface area contributed by atoms with Gasteiger partial charge in [-0.2, -0.15) is 13.2 Å². The van der Waals surface area contributed by atoms with E-state index in [0.717, 1.165) is 12.1 Å². The normalized spacial score (nSPS) is 11.9. The molecular weight excluding hydrogens is 381 g/mol. The number of benzene rings is 2. The van der Waals surface area contributed by atoms with Crippen molar-refractivity contribution < 1.29 is 26.4 Å². The Morgan fingerprint density at radius 3 is 2.40 bits per heavy atom. The molecule has 0 radical (unpaired) electrons. The molecule has 0 aliphatic rings. The zero-order valence-corrected chi connectivity index (χ0v) is 14.3. The van der Waals surface area contributed by atoms with E-state index in [1.54, 1.807) is 0 Å². The van der Waals surface area contributed by atoms with Gasteiger partial charge in [0.2, 0.25) is 0 Å². The van der Waals surface area contributed by atoms with Gasteiger partial charge in [-0.05, 0) is 36.4 Å². The molecule has 2 rings (SSSR count). The summed E-state index contributed by atoms with van der Waals surface area (Å²) in [5.74, 6) is -0.438. The maximum Gasteiger partial charge on any atom is 0.417 e. The van der Waals surface area contributed by atoms with Gasteiger partial charge < -0.3 is 5.32 Å². The average molecular weight is 393 g/mol. The first-order chi connectivity index (χ1) is 11.5. The number of hydrogen-bond donors (Lipinski definition) is 2. The average Bonchev–Trinajstić information content (AvgIpc) is 2.53. The monoisotopic (exact) mass is 392 g/mol. The molecule has 0 aliphatic heterocycles. The molecule has 0 saturated heterocycles. The standard InChI is InChI=1S/C15H12ClF3N2O3S/c1-20-14(22)9-3-2-4-10(7-9)21-25(23,24)11-5-6-13(16)12(8-11)15(17,18)19/h2-8,21H,1H3,(H,20,22). The summed E-state index contributed by atoms with van der Waals surface area (Å²) in [6.45, 7) is 0. The van der Waals surface area contributed by atoms with Gasteiger partial charge in [0.1, 0.15) is 0 Å². The van der Waals surface area contributed by atoms with Crippen LogP contribution in [-0.4, -0.2) is 21.4 Å². The first kappa shape index (κ1) is 19.1. The molecule has 2 N–H and O–H groups in total. The van der Waals surface area contributed by atoms with Crippen LogP contribution in [0.2, 0.25) is 5.02 Å². The zero-order valence-electron chi connectivity index (χ0n) is 12.7. The van der Waals surface area contributed by atoms with Crippen molar-refractivity contribution >= 4 is 33.2 Å². The summed E-state index contributed by atoms with van der Waals surface area (Å²) in [5.41, 5.74) is -1.03. The molecule has 0 aromatic heterocycles. The number of hydrogen-bond acceptors (Lipinski definition) is 3. The number of sulfonamides is 1. The van der Waals surface area contributed by atoms with Gasteiger partial charge in [0.05, 0.1) is 15.5 Å². The summed E-state index contributed by atoms with van der Waals surface area (Å²) in [7, 11) is -2.89. The Kier molecular flexibility index (Phi) is 5.28. The molecule has 0 heterocycles. The maximum absolute atomic E-state index is 12.9. The SMILES string of the molecule is CNC(=O)c1cccc(NS(=O)(=O)c2ccc(Cl)c(C(F)(F)F)c2)c1. The molecule has 5 nitrogen and oxygen atoms in total. The summed E-state index contributed by atoms with van der Waals surface area (Å²) >= 11 is 5.48. The Balaban J connectivity index is 2.39. The highest BCUT2D eigenvalue weighted by Crippen LogP contribution is 2.36. The van der Waals surface area contributed by atoms with Gasteiger partial charge in [-0.25, -0.2) is 8.42 Å². The maximum atomic E-state index is 12.9. The van der Waals surface area contributed by atoms with Crippen LogP contribution >= 0.6 is 11.6 Å². The van der Waals surface area contributed by atoms with E-state index in [9.17, 15) is 26.4 Å². The fraction of sp³-hybridized carbons (Fsp3) is 0.133. The van der Waals surface area contributed by atoms with Crippen LogP contribution in [0.15, 0.2) is 47.4 Å². The number of halogens is 4. The lowest BCUT2D eigenvalue weighted by Crippen LogP contribution is -2.19. The van der Waals surface area contributed by atoms with Crippen LogP contribution in [0.3, 0.4) is 0 Å². The quantitative estimate of drug-likeness (QED) is 0.836. The van der Waals surface area contributed by atoms with E-state index in [1.807, 2.05) is 0 Å². The minimum Gasteiger partial charge on any atom is -0.355 e. The van der Waals surface area contributed by atoms with Crippen LogP contribution < -0.4 is 10.0 Å². The molecule has 0 unspecified atom stereocenters. The first-order valence-electron chi connectivity index (χ1n) is 6.76. The molecule has 2 aromatic rings. The molecule has 25 heavy (non-hydrogen) atoms. The summed E-state index contributed by atoms with van der Waals surface area (Å²) in [6, 6.07) is 7.79. The highest BCUT2D eigenvalue weighted by Gasteiger charge is 2.34. The number of carbonyl (C=O) groups is 1. The van der Waals surface area contributed by atoms with Crippen molar-refractivity contribution in [3.63, 3.8) is 0 Å². The van der Waals surface area contributed by atoms with Crippen molar-refractivity contribution in [1.29, 1.82) is 0 Å². The Labute approximate surface area is 146 Å². The van der Waals surface area contributed by atoms with Gasteiger partial charge in [-0.1, -0.05) is 17.7 Å². The van der Waals surface area contributed by atoms with Crippen molar-refractivity contribution in [2.45, 2.75) is 11.1 Å². The van der Waals surface area contributed by atoms with E-state index in [0.29, 0.717) is 6.07 Å². The first-order valence-corrected chi connectivity index (χ1v) is 8.62. The number of nitrogens with one attached hydrogen (secondary N) is 2. The minimum absolute atomic E-state index is 0.0320. The van der Waals surface area contributed by atoms with Crippen LogP contribution in [0.4, 0.5) is 18.9 Å². The lowest BCUT2D eigenvalue weighted by Gasteiger charge is -2.13. The second-order valence-electron chi connectivity index (χ2n) is 4.90. The van der Waals surface area contributed by atoms with Crippen molar-refractivity contribution in [3.8, 4) is 0 Å². The number of amides is 1.